The first-order valence-electron chi connectivity index (χ1n) is 7.95. The van der Waals surface area contributed by atoms with Crippen LogP contribution in [0.1, 0.15) is 41.0 Å². The lowest BCUT2D eigenvalue weighted by atomic mass is 10.2. The van der Waals surface area contributed by atoms with Gasteiger partial charge in [0.05, 0.1) is 19.8 Å². The normalized spacial score (nSPS) is 19.5. The standard InChI is InChI=1S/C15H29O6P/c1-6-14(15(16)19-10-13-9-18-13)22(17,20-7-11(2)3)21-8-12(4)5/h11-14H,6-10H2,1-5H3. The van der Waals surface area contributed by atoms with Crippen molar-refractivity contribution in [2.75, 3.05) is 26.4 Å². The molecule has 7 heteroatoms. The molecule has 1 rings (SSSR count). The lowest BCUT2D eigenvalue weighted by Gasteiger charge is -2.26. The molecule has 1 saturated heterocycles. The predicted octanol–water partition coefficient (Wildman–Crippen LogP) is 3.25. The van der Waals surface area contributed by atoms with E-state index in [1.54, 1.807) is 6.92 Å². The maximum absolute atomic E-state index is 13.1. The first-order valence-corrected chi connectivity index (χ1v) is 9.56. The van der Waals surface area contributed by atoms with Crippen molar-refractivity contribution in [1.29, 1.82) is 0 Å². The summed E-state index contributed by atoms with van der Waals surface area (Å²) in [5, 5.41) is 0. The number of rotatable bonds is 11. The van der Waals surface area contributed by atoms with Crippen LogP contribution >= 0.6 is 7.60 Å². The number of hydrogen-bond donors (Lipinski definition) is 0. The molecule has 22 heavy (non-hydrogen) atoms. The van der Waals surface area contributed by atoms with Crippen molar-refractivity contribution in [3.05, 3.63) is 0 Å². The Morgan fingerprint density at radius 3 is 2.05 bits per heavy atom. The van der Waals surface area contributed by atoms with E-state index in [1.807, 2.05) is 27.7 Å². The molecule has 1 fully saturated rings. The van der Waals surface area contributed by atoms with Gasteiger partial charge < -0.3 is 18.5 Å². The molecule has 6 nitrogen and oxygen atoms in total. The minimum Gasteiger partial charge on any atom is -0.462 e. The number of hydrogen-bond acceptors (Lipinski definition) is 6. The summed E-state index contributed by atoms with van der Waals surface area (Å²) in [6.45, 7) is 11.0. The van der Waals surface area contributed by atoms with Crippen molar-refractivity contribution >= 4 is 13.6 Å². The fourth-order valence-corrected chi connectivity index (χ4v) is 3.90. The number of epoxide rings is 1. The van der Waals surface area contributed by atoms with Crippen molar-refractivity contribution < 1.29 is 27.9 Å². The molecule has 0 aliphatic carbocycles. The minimum atomic E-state index is -3.55. The maximum atomic E-state index is 13.1. The van der Waals surface area contributed by atoms with Crippen molar-refractivity contribution in [2.24, 2.45) is 11.8 Å². The van der Waals surface area contributed by atoms with Gasteiger partial charge in [0.15, 0.2) is 5.66 Å². The van der Waals surface area contributed by atoms with Crippen LogP contribution in [-0.4, -0.2) is 44.2 Å². The van der Waals surface area contributed by atoms with Crippen molar-refractivity contribution in [3.63, 3.8) is 0 Å². The third kappa shape index (κ3) is 6.78. The Bertz CT molecular complexity index is 375. The van der Waals surface area contributed by atoms with Gasteiger partial charge in [-0.1, -0.05) is 34.6 Å². The van der Waals surface area contributed by atoms with E-state index >= 15 is 0 Å². The Kier molecular flexibility index (Phi) is 8.04. The molecule has 0 aromatic rings. The van der Waals surface area contributed by atoms with Crippen LogP contribution in [-0.2, 0) is 27.9 Å². The molecular weight excluding hydrogens is 307 g/mol. The molecule has 1 aliphatic rings. The largest absolute Gasteiger partial charge is 0.462 e. The van der Waals surface area contributed by atoms with Crippen LogP contribution in [0, 0.1) is 11.8 Å². The summed E-state index contributed by atoms with van der Waals surface area (Å²) < 4.78 is 34.3. The first-order chi connectivity index (χ1) is 10.3. The zero-order chi connectivity index (χ0) is 16.8. The molecule has 0 spiro atoms. The van der Waals surface area contributed by atoms with Gasteiger partial charge in [-0.15, -0.1) is 0 Å². The Morgan fingerprint density at radius 2 is 1.68 bits per heavy atom. The van der Waals surface area contributed by atoms with Crippen LogP contribution < -0.4 is 0 Å². The molecule has 130 valence electrons. The molecule has 1 heterocycles. The summed E-state index contributed by atoms with van der Waals surface area (Å²) in [5.41, 5.74) is -0.885. The van der Waals surface area contributed by atoms with Crippen LogP contribution in [0.5, 0.6) is 0 Å². The van der Waals surface area contributed by atoms with E-state index in [0.717, 1.165) is 0 Å². The lowest BCUT2D eigenvalue weighted by molar-refractivity contribution is -0.144. The van der Waals surface area contributed by atoms with Crippen LogP contribution in [0.3, 0.4) is 0 Å². The molecule has 2 unspecified atom stereocenters. The third-order valence-corrected chi connectivity index (χ3v) is 5.39. The Balaban J connectivity index is 2.73. The quantitative estimate of drug-likeness (QED) is 0.327. The number of carbonyl (C=O) groups excluding carboxylic acids is 1. The summed E-state index contributed by atoms with van der Waals surface area (Å²) in [4.78, 5) is 12.2. The van der Waals surface area contributed by atoms with Gasteiger partial charge in [-0.3, -0.25) is 9.36 Å². The zero-order valence-electron chi connectivity index (χ0n) is 14.2. The highest BCUT2D eigenvalue weighted by molar-refractivity contribution is 7.55. The van der Waals surface area contributed by atoms with Crippen LogP contribution in [0.4, 0.5) is 0 Å². The molecular formula is C15H29O6P. The highest BCUT2D eigenvalue weighted by Gasteiger charge is 2.42. The van der Waals surface area contributed by atoms with Gasteiger partial charge in [-0.05, 0) is 18.3 Å². The van der Waals surface area contributed by atoms with E-state index < -0.39 is 19.2 Å². The summed E-state index contributed by atoms with van der Waals surface area (Å²) >= 11 is 0. The molecule has 0 aromatic heterocycles. The highest BCUT2D eigenvalue weighted by Crippen LogP contribution is 2.55. The molecule has 0 aromatic carbocycles. The van der Waals surface area contributed by atoms with Crippen LogP contribution in [0.25, 0.3) is 0 Å². The fourth-order valence-electron chi connectivity index (χ4n) is 1.68. The highest BCUT2D eigenvalue weighted by atomic mass is 31.2. The van der Waals surface area contributed by atoms with Gasteiger partial charge in [-0.25, -0.2) is 0 Å². The summed E-state index contributed by atoms with van der Waals surface area (Å²) in [5.74, 6) is -0.137. The summed E-state index contributed by atoms with van der Waals surface area (Å²) in [6, 6.07) is 0. The maximum Gasteiger partial charge on any atom is 0.344 e. The molecule has 2 atom stereocenters. The monoisotopic (exact) mass is 336 g/mol. The van der Waals surface area contributed by atoms with Gasteiger partial charge in [0, 0.05) is 0 Å². The second-order valence-corrected chi connectivity index (χ2v) is 8.65. The average molecular weight is 336 g/mol. The lowest BCUT2D eigenvalue weighted by Crippen LogP contribution is -2.27. The summed E-state index contributed by atoms with van der Waals surface area (Å²) in [6.07, 6.45) is 0.326. The third-order valence-electron chi connectivity index (χ3n) is 3.03. The zero-order valence-corrected chi connectivity index (χ0v) is 15.1. The van der Waals surface area contributed by atoms with E-state index in [9.17, 15) is 9.36 Å². The minimum absolute atomic E-state index is 0.0194. The van der Waals surface area contributed by atoms with E-state index in [4.69, 9.17) is 18.5 Å². The Morgan fingerprint density at radius 1 is 1.18 bits per heavy atom. The first kappa shape index (κ1) is 19.6. The molecule has 0 amide bonds. The topological polar surface area (TPSA) is 74.4 Å². The van der Waals surface area contributed by atoms with E-state index in [0.29, 0.717) is 13.0 Å². The van der Waals surface area contributed by atoms with Gasteiger partial charge in [-0.2, -0.15) is 0 Å². The molecule has 0 bridgehead atoms. The van der Waals surface area contributed by atoms with Gasteiger partial charge >= 0.3 is 13.6 Å². The van der Waals surface area contributed by atoms with Crippen LogP contribution in [0.15, 0.2) is 0 Å². The molecule has 1 aliphatic heterocycles. The Labute approximate surface area is 133 Å². The summed E-state index contributed by atoms with van der Waals surface area (Å²) in [7, 11) is -3.55. The number of esters is 1. The second kappa shape index (κ2) is 9.02. The van der Waals surface area contributed by atoms with E-state index in [-0.39, 0.29) is 37.8 Å². The fraction of sp³-hybridized carbons (Fsp3) is 0.933. The van der Waals surface area contributed by atoms with E-state index in [2.05, 4.69) is 0 Å². The number of carbonyl (C=O) groups is 1. The van der Waals surface area contributed by atoms with Crippen molar-refractivity contribution in [2.45, 2.75) is 52.8 Å². The van der Waals surface area contributed by atoms with E-state index in [1.165, 1.54) is 0 Å². The number of ether oxygens (including phenoxy) is 2. The van der Waals surface area contributed by atoms with Crippen LogP contribution in [0.2, 0.25) is 0 Å². The SMILES string of the molecule is CCC(C(=O)OCC1CO1)P(=O)(OCC(C)C)OCC(C)C. The van der Waals surface area contributed by atoms with Gasteiger partial charge in [0.2, 0.25) is 0 Å². The smallest absolute Gasteiger partial charge is 0.344 e. The Hall–Kier alpha value is -0.420. The van der Waals surface area contributed by atoms with Gasteiger partial charge in [0.1, 0.15) is 12.7 Å². The van der Waals surface area contributed by atoms with Gasteiger partial charge in [0.25, 0.3) is 0 Å². The second-order valence-electron chi connectivity index (χ2n) is 6.43. The molecule has 0 N–H and O–H groups in total. The van der Waals surface area contributed by atoms with Crippen molar-refractivity contribution in [1.82, 2.24) is 0 Å². The van der Waals surface area contributed by atoms with Crippen molar-refractivity contribution in [3.8, 4) is 0 Å². The average Bonchev–Trinajstić information content (AvgIpc) is 3.26. The predicted molar refractivity (Wildman–Crippen MR) is 84.0 cm³/mol. The molecule has 0 saturated carbocycles. The molecule has 0 radical (unpaired) electrons.